The van der Waals surface area contributed by atoms with E-state index in [1.807, 2.05) is 42.7 Å². The number of rotatable bonds is 7. The van der Waals surface area contributed by atoms with Gasteiger partial charge in [0.1, 0.15) is 0 Å². The quantitative estimate of drug-likeness (QED) is 0.149. The Morgan fingerprint density at radius 1 is 0.588 bits per heavy atom. The van der Waals surface area contributed by atoms with Crippen LogP contribution in [0.15, 0.2) is 158 Å². The average molecular weight is 841 g/mol. The molecule has 0 amide bonds. The molecular weight excluding hydrogens is 797 g/mol. The van der Waals surface area contributed by atoms with Crippen molar-refractivity contribution < 1.29 is 20.1 Å². The number of aromatic nitrogens is 2. The van der Waals surface area contributed by atoms with Gasteiger partial charge in [-0.15, -0.1) is 71.3 Å². The van der Waals surface area contributed by atoms with Crippen molar-refractivity contribution in [3.8, 4) is 44.8 Å². The van der Waals surface area contributed by atoms with E-state index in [4.69, 9.17) is 4.98 Å². The van der Waals surface area contributed by atoms with Crippen molar-refractivity contribution in [3.63, 3.8) is 0 Å². The summed E-state index contributed by atoms with van der Waals surface area (Å²) in [6.07, 6.45) is 5.06. The molecule has 2 heterocycles. The van der Waals surface area contributed by atoms with Crippen molar-refractivity contribution in [2.45, 2.75) is 47.0 Å². The van der Waals surface area contributed by atoms with Gasteiger partial charge in [-0.3, -0.25) is 0 Å². The zero-order valence-electron chi connectivity index (χ0n) is 30.0. The second kappa shape index (κ2) is 17.3. The number of hydrogen-bond donors (Lipinski definition) is 0. The van der Waals surface area contributed by atoms with E-state index in [0.717, 1.165) is 28.9 Å². The molecule has 0 aliphatic heterocycles. The zero-order chi connectivity index (χ0) is 34.9. The standard InChI is InChI=1S/C31H24N.C17H20N.Ir/c1-23(24-12-5-2-6-13-24)29-21-31(32-22-30(29)26-16-9-4-10-17-26)28-19-11-18-27(20-28)25-14-7-3-8-15-25;1-13-12-18-16(14-8-6-5-7-9-14)10-15(13)11-17(2,3)4;/h2-18,20-23H,1H3;5-8,10,12H,11H2,1-4H3;/q2*-1;. The minimum atomic E-state index is 0. The third-order valence-corrected chi connectivity index (χ3v) is 8.89. The summed E-state index contributed by atoms with van der Waals surface area (Å²) in [5, 5.41) is 0. The third kappa shape index (κ3) is 9.85. The number of benzene rings is 5. The molecule has 51 heavy (non-hydrogen) atoms. The van der Waals surface area contributed by atoms with Crippen LogP contribution in [0, 0.1) is 24.5 Å². The molecule has 5 aromatic carbocycles. The second-order valence-electron chi connectivity index (χ2n) is 14.0. The first-order chi connectivity index (χ1) is 24.2. The summed E-state index contributed by atoms with van der Waals surface area (Å²) < 4.78 is 0. The summed E-state index contributed by atoms with van der Waals surface area (Å²) in [4.78, 5) is 9.37. The van der Waals surface area contributed by atoms with Crippen molar-refractivity contribution in [2.24, 2.45) is 5.41 Å². The van der Waals surface area contributed by atoms with Gasteiger partial charge in [0.05, 0.1) is 0 Å². The summed E-state index contributed by atoms with van der Waals surface area (Å²) in [6.45, 7) is 11.2. The van der Waals surface area contributed by atoms with Crippen LogP contribution in [-0.4, -0.2) is 9.97 Å². The molecule has 0 spiro atoms. The van der Waals surface area contributed by atoms with Gasteiger partial charge in [-0.1, -0.05) is 136 Å². The van der Waals surface area contributed by atoms with E-state index < -0.39 is 0 Å². The number of pyridine rings is 2. The molecule has 0 saturated carbocycles. The van der Waals surface area contributed by atoms with Crippen LogP contribution in [0.2, 0.25) is 0 Å². The second-order valence-corrected chi connectivity index (χ2v) is 14.0. The first-order valence-electron chi connectivity index (χ1n) is 17.4. The van der Waals surface area contributed by atoms with Crippen LogP contribution >= 0.6 is 0 Å². The van der Waals surface area contributed by atoms with Gasteiger partial charge in [-0.2, -0.15) is 0 Å². The fourth-order valence-electron chi connectivity index (χ4n) is 6.21. The minimum Gasteiger partial charge on any atom is -0.304 e. The van der Waals surface area contributed by atoms with Gasteiger partial charge in [0.2, 0.25) is 0 Å². The molecule has 0 N–H and O–H groups in total. The molecular formula is C48H44IrN2-2. The third-order valence-electron chi connectivity index (χ3n) is 8.89. The van der Waals surface area contributed by atoms with E-state index in [1.165, 1.54) is 44.5 Å². The molecule has 0 fully saturated rings. The molecule has 7 aromatic rings. The molecule has 2 nitrogen and oxygen atoms in total. The molecule has 3 heteroatoms. The molecule has 0 bridgehead atoms. The Kier molecular flexibility index (Phi) is 12.7. The van der Waals surface area contributed by atoms with E-state index in [9.17, 15) is 0 Å². The van der Waals surface area contributed by atoms with Gasteiger partial charge in [0, 0.05) is 44.0 Å². The first-order valence-corrected chi connectivity index (χ1v) is 17.4. The van der Waals surface area contributed by atoms with Crippen LogP contribution < -0.4 is 0 Å². The molecule has 7 rings (SSSR count). The summed E-state index contributed by atoms with van der Waals surface area (Å²) in [7, 11) is 0. The molecule has 1 atom stereocenters. The predicted octanol–water partition coefficient (Wildman–Crippen LogP) is 12.5. The maximum Gasteiger partial charge on any atom is 0.0242 e. The minimum absolute atomic E-state index is 0. The molecule has 257 valence electrons. The van der Waals surface area contributed by atoms with Crippen LogP contribution in [-0.2, 0) is 26.5 Å². The van der Waals surface area contributed by atoms with Crippen LogP contribution in [0.3, 0.4) is 0 Å². The SMILES string of the molecule is CC(c1ccccc1)c1cc(-c2[c-]ccc(-c3ccccc3)c2)ncc1-c1ccccc1.Cc1cnc(-c2[c-]cccc2)cc1CC(C)(C)C.[Ir]. The van der Waals surface area contributed by atoms with E-state index >= 15 is 0 Å². The van der Waals surface area contributed by atoms with E-state index in [1.54, 1.807) is 0 Å². The number of aryl methyl sites for hydroxylation is 1. The van der Waals surface area contributed by atoms with Crippen molar-refractivity contribution in [2.75, 3.05) is 0 Å². The molecule has 1 radical (unpaired) electrons. The van der Waals surface area contributed by atoms with Gasteiger partial charge in [-0.05, 0) is 58.0 Å². The van der Waals surface area contributed by atoms with Gasteiger partial charge in [0.25, 0.3) is 0 Å². The first kappa shape index (κ1) is 37.3. The number of nitrogens with zero attached hydrogens (tertiary/aromatic N) is 2. The molecule has 0 aliphatic rings. The number of hydrogen-bond acceptors (Lipinski definition) is 2. The van der Waals surface area contributed by atoms with Gasteiger partial charge in [-0.25, -0.2) is 0 Å². The summed E-state index contributed by atoms with van der Waals surface area (Å²) in [6, 6.07) is 57.0. The van der Waals surface area contributed by atoms with E-state index in [-0.39, 0.29) is 26.0 Å². The van der Waals surface area contributed by atoms with Crippen LogP contribution in [0.25, 0.3) is 44.8 Å². The van der Waals surface area contributed by atoms with Gasteiger partial charge < -0.3 is 9.97 Å². The van der Waals surface area contributed by atoms with Crippen molar-refractivity contribution in [3.05, 3.63) is 192 Å². The molecule has 0 aliphatic carbocycles. The monoisotopic (exact) mass is 841 g/mol. The largest absolute Gasteiger partial charge is 0.304 e. The Labute approximate surface area is 318 Å². The Bertz CT molecular complexity index is 2120. The van der Waals surface area contributed by atoms with Crippen molar-refractivity contribution >= 4 is 0 Å². The fourth-order valence-corrected chi connectivity index (χ4v) is 6.21. The zero-order valence-corrected chi connectivity index (χ0v) is 32.4. The Morgan fingerprint density at radius 2 is 1.18 bits per heavy atom. The normalized spacial score (nSPS) is 11.5. The van der Waals surface area contributed by atoms with Crippen LogP contribution in [0.5, 0.6) is 0 Å². The molecule has 0 saturated heterocycles. The van der Waals surface area contributed by atoms with Crippen molar-refractivity contribution in [1.82, 2.24) is 9.97 Å². The van der Waals surface area contributed by atoms with Crippen LogP contribution in [0.1, 0.15) is 55.9 Å². The Morgan fingerprint density at radius 3 is 1.82 bits per heavy atom. The summed E-state index contributed by atoms with van der Waals surface area (Å²) >= 11 is 0. The van der Waals surface area contributed by atoms with E-state index in [0.29, 0.717) is 5.41 Å². The average Bonchev–Trinajstić information content (AvgIpc) is 3.16. The summed E-state index contributed by atoms with van der Waals surface area (Å²) in [5.41, 5.74) is 14.3. The Balaban J connectivity index is 0.000000226. The molecule has 1 unspecified atom stereocenters. The maximum atomic E-state index is 4.87. The van der Waals surface area contributed by atoms with E-state index in [2.05, 4.69) is 167 Å². The fraction of sp³-hybridized carbons (Fsp3) is 0.167. The smallest absolute Gasteiger partial charge is 0.0242 e. The summed E-state index contributed by atoms with van der Waals surface area (Å²) in [5.74, 6) is 0.241. The maximum absolute atomic E-state index is 4.87. The topological polar surface area (TPSA) is 25.8 Å². The van der Waals surface area contributed by atoms with Gasteiger partial charge in [0.15, 0.2) is 0 Å². The predicted molar refractivity (Wildman–Crippen MR) is 210 cm³/mol. The van der Waals surface area contributed by atoms with Crippen molar-refractivity contribution in [1.29, 1.82) is 0 Å². The van der Waals surface area contributed by atoms with Crippen LogP contribution in [0.4, 0.5) is 0 Å². The Hall–Kier alpha value is -4.95. The van der Waals surface area contributed by atoms with Gasteiger partial charge >= 0.3 is 0 Å². The molecule has 2 aromatic heterocycles.